The minimum absolute atomic E-state index is 0.0301. The minimum Gasteiger partial charge on any atom is -0.348 e. The van der Waals surface area contributed by atoms with Crippen LogP contribution in [0.2, 0.25) is 0 Å². The van der Waals surface area contributed by atoms with Crippen molar-refractivity contribution in [2.24, 2.45) is 5.92 Å². The monoisotopic (exact) mass is 172 g/mol. The molecule has 1 saturated heterocycles. The number of hydrogen-bond acceptors (Lipinski definition) is 2. The van der Waals surface area contributed by atoms with Crippen LogP contribution in [0, 0.1) is 5.92 Å². The van der Waals surface area contributed by atoms with Crippen LogP contribution in [0.25, 0.3) is 0 Å². The summed E-state index contributed by atoms with van der Waals surface area (Å²) in [7, 11) is 0. The number of amides is 1. The normalized spacial score (nSPS) is 30.5. The molecule has 0 unspecified atom stereocenters. The highest BCUT2D eigenvalue weighted by Crippen LogP contribution is 2.19. The van der Waals surface area contributed by atoms with Gasteiger partial charge >= 0.3 is 0 Å². The lowest BCUT2D eigenvalue weighted by molar-refractivity contribution is -0.124. The summed E-state index contributed by atoms with van der Waals surface area (Å²) >= 11 is 4.82. The van der Waals surface area contributed by atoms with Crippen LogP contribution in [-0.2, 0) is 4.79 Å². The largest absolute Gasteiger partial charge is 0.348 e. The van der Waals surface area contributed by atoms with Crippen LogP contribution >= 0.6 is 12.2 Å². The van der Waals surface area contributed by atoms with E-state index in [0.717, 1.165) is 0 Å². The summed E-state index contributed by atoms with van der Waals surface area (Å²) in [5.41, 5.74) is -0.517. The van der Waals surface area contributed by atoms with Crippen molar-refractivity contribution >= 4 is 23.2 Å². The van der Waals surface area contributed by atoms with Gasteiger partial charge in [-0.3, -0.25) is 4.79 Å². The highest BCUT2D eigenvalue weighted by atomic mass is 32.1. The SMILES string of the molecule is CC(C)[C@]1(C)NC(=S)NC1=O. The number of nitrogens with one attached hydrogen (secondary N) is 2. The predicted octanol–water partition coefficient (Wildman–Crippen LogP) is 0.405. The number of carbonyl (C=O) groups is 1. The first-order chi connectivity index (χ1) is 4.97. The maximum atomic E-state index is 11.3. The Labute approximate surface area is 71.5 Å². The smallest absolute Gasteiger partial charge is 0.251 e. The molecule has 0 spiro atoms. The first kappa shape index (κ1) is 8.46. The predicted molar refractivity (Wildman–Crippen MR) is 47.1 cm³/mol. The van der Waals surface area contributed by atoms with Gasteiger partial charge in [0.2, 0.25) is 0 Å². The third-order valence-electron chi connectivity index (χ3n) is 2.23. The van der Waals surface area contributed by atoms with Crippen molar-refractivity contribution in [1.29, 1.82) is 0 Å². The average Bonchev–Trinajstić information content (AvgIpc) is 2.08. The van der Waals surface area contributed by atoms with Gasteiger partial charge in [-0.15, -0.1) is 0 Å². The van der Waals surface area contributed by atoms with Gasteiger partial charge in [0.25, 0.3) is 5.91 Å². The van der Waals surface area contributed by atoms with E-state index in [1.807, 2.05) is 20.8 Å². The van der Waals surface area contributed by atoms with E-state index in [-0.39, 0.29) is 11.8 Å². The fourth-order valence-electron chi connectivity index (χ4n) is 0.963. The van der Waals surface area contributed by atoms with Crippen molar-refractivity contribution < 1.29 is 4.79 Å². The second kappa shape index (κ2) is 2.44. The number of thiocarbonyl (C=S) groups is 1. The molecule has 0 aliphatic carbocycles. The summed E-state index contributed by atoms with van der Waals surface area (Å²) in [4.78, 5) is 11.3. The molecule has 1 aliphatic rings. The topological polar surface area (TPSA) is 41.1 Å². The second-order valence-corrected chi connectivity index (χ2v) is 3.67. The molecule has 2 N–H and O–H groups in total. The Morgan fingerprint density at radius 1 is 1.55 bits per heavy atom. The molecule has 62 valence electrons. The lowest BCUT2D eigenvalue weighted by Crippen LogP contribution is -2.48. The third-order valence-corrected chi connectivity index (χ3v) is 2.43. The summed E-state index contributed by atoms with van der Waals surface area (Å²) in [6, 6.07) is 0. The van der Waals surface area contributed by atoms with Crippen LogP contribution in [0.3, 0.4) is 0 Å². The van der Waals surface area contributed by atoms with Crippen molar-refractivity contribution in [3.63, 3.8) is 0 Å². The Balaban J connectivity index is 2.87. The van der Waals surface area contributed by atoms with Crippen LogP contribution in [0.1, 0.15) is 20.8 Å². The van der Waals surface area contributed by atoms with Crippen molar-refractivity contribution in [1.82, 2.24) is 10.6 Å². The zero-order valence-corrected chi connectivity index (χ0v) is 7.71. The Hall–Kier alpha value is -0.640. The van der Waals surface area contributed by atoms with Crippen LogP contribution in [0.5, 0.6) is 0 Å². The first-order valence-corrected chi connectivity index (χ1v) is 4.01. The maximum Gasteiger partial charge on any atom is 0.251 e. The van der Waals surface area contributed by atoms with E-state index in [9.17, 15) is 4.79 Å². The molecule has 1 aliphatic heterocycles. The van der Waals surface area contributed by atoms with Crippen LogP contribution in [0.4, 0.5) is 0 Å². The van der Waals surface area contributed by atoms with Gasteiger partial charge in [0.15, 0.2) is 5.11 Å². The van der Waals surface area contributed by atoms with Gasteiger partial charge in [-0.1, -0.05) is 13.8 Å². The molecule has 11 heavy (non-hydrogen) atoms. The average molecular weight is 172 g/mol. The lowest BCUT2D eigenvalue weighted by Gasteiger charge is -2.25. The summed E-state index contributed by atoms with van der Waals surface area (Å²) < 4.78 is 0. The van der Waals surface area contributed by atoms with E-state index in [4.69, 9.17) is 12.2 Å². The van der Waals surface area contributed by atoms with E-state index < -0.39 is 5.54 Å². The Morgan fingerprint density at radius 2 is 2.09 bits per heavy atom. The molecule has 1 amide bonds. The standard InChI is InChI=1S/C7H12N2OS/c1-4(2)7(3)5(10)8-6(11)9-7/h4H,1-3H3,(H2,8,9,10,11)/t7-/m0/s1. The lowest BCUT2D eigenvalue weighted by atomic mass is 9.89. The fraction of sp³-hybridized carbons (Fsp3) is 0.714. The molecule has 0 aromatic heterocycles. The summed E-state index contributed by atoms with van der Waals surface area (Å²) in [6.45, 7) is 5.83. The van der Waals surface area contributed by atoms with Crippen LogP contribution in [0.15, 0.2) is 0 Å². The zero-order valence-electron chi connectivity index (χ0n) is 6.89. The van der Waals surface area contributed by atoms with E-state index >= 15 is 0 Å². The van der Waals surface area contributed by atoms with Crippen molar-refractivity contribution in [3.8, 4) is 0 Å². The van der Waals surface area contributed by atoms with Gasteiger partial charge in [-0.2, -0.15) is 0 Å². The number of carbonyl (C=O) groups excluding carboxylic acids is 1. The van der Waals surface area contributed by atoms with E-state index in [2.05, 4.69) is 10.6 Å². The minimum atomic E-state index is -0.517. The van der Waals surface area contributed by atoms with Gasteiger partial charge in [0.05, 0.1) is 0 Å². The second-order valence-electron chi connectivity index (χ2n) is 3.27. The molecule has 0 bridgehead atoms. The quantitative estimate of drug-likeness (QED) is 0.563. The number of rotatable bonds is 1. The van der Waals surface area contributed by atoms with E-state index in [1.54, 1.807) is 0 Å². The van der Waals surface area contributed by atoms with Gasteiger partial charge in [0, 0.05) is 0 Å². The highest BCUT2D eigenvalue weighted by molar-refractivity contribution is 7.80. The summed E-state index contributed by atoms with van der Waals surface area (Å²) in [5, 5.41) is 5.96. The molecular formula is C7H12N2OS. The molecule has 0 aromatic carbocycles. The maximum absolute atomic E-state index is 11.3. The van der Waals surface area contributed by atoms with Crippen molar-refractivity contribution in [2.75, 3.05) is 0 Å². The third kappa shape index (κ3) is 1.22. The molecule has 4 heteroatoms. The van der Waals surface area contributed by atoms with Crippen molar-refractivity contribution in [3.05, 3.63) is 0 Å². The van der Waals surface area contributed by atoms with Crippen LogP contribution < -0.4 is 10.6 Å². The van der Waals surface area contributed by atoms with Gasteiger partial charge < -0.3 is 10.6 Å². The molecule has 0 saturated carbocycles. The van der Waals surface area contributed by atoms with Crippen LogP contribution in [-0.4, -0.2) is 16.6 Å². The molecule has 1 fully saturated rings. The molecule has 1 rings (SSSR count). The highest BCUT2D eigenvalue weighted by Gasteiger charge is 2.42. The first-order valence-electron chi connectivity index (χ1n) is 3.60. The van der Waals surface area contributed by atoms with E-state index in [1.165, 1.54) is 0 Å². The molecule has 1 atom stereocenters. The molecule has 1 heterocycles. The zero-order chi connectivity index (χ0) is 8.65. The van der Waals surface area contributed by atoms with Gasteiger partial charge in [0.1, 0.15) is 5.54 Å². The van der Waals surface area contributed by atoms with Crippen molar-refractivity contribution in [2.45, 2.75) is 26.3 Å². The number of hydrogen-bond donors (Lipinski definition) is 2. The molecular weight excluding hydrogens is 160 g/mol. The molecule has 0 aromatic rings. The van der Waals surface area contributed by atoms with Gasteiger partial charge in [-0.25, -0.2) is 0 Å². The Bertz CT molecular complexity index is 214. The fourth-order valence-corrected chi connectivity index (χ4v) is 1.27. The molecule has 3 nitrogen and oxygen atoms in total. The summed E-state index contributed by atoms with van der Waals surface area (Å²) in [6.07, 6.45) is 0. The molecule has 0 radical (unpaired) electrons. The Kier molecular flexibility index (Phi) is 1.88. The Morgan fingerprint density at radius 3 is 2.27 bits per heavy atom. The summed E-state index contributed by atoms with van der Waals surface area (Å²) in [5.74, 6) is 0.209. The van der Waals surface area contributed by atoms with Gasteiger partial charge in [-0.05, 0) is 25.1 Å². The van der Waals surface area contributed by atoms with E-state index in [0.29, 0.717) is 5.11 Å².